The van der Waals surface area contributed by atoms with Gasteiger partial charge >= 0.3 is 0 Å². The van der Waals surface area contributed by atoms with Gasteiger partial charge in [0.25, 0.3) is 0 Å². The van der Waals surface area contributed by atoms with Crippen LogP contribution in [-0.4, -0.2) is 15.3 Å². The second-order valence-corrected chi connectivity index (χ2v) is 4.56. The number of hydrogen-bond donors (Lipinski definition) is 0. The van der Waals surface area contributed by atoms with Gasteiger partial charge in [-0.2, -0.15) is 10.5 Å². The molecular formula is C14H9ClN4O. The molecule has 0 aliphatic rings. The van der Waals surface area contributed by atoms with Crippen LogP contribution < -0.4 is 0 Å². The number of aromatic nitrogens is 2. The van der Waals surface area contributed by atoms with Crippen molar-refractivity contribution < 1.29 is 4.79 Å². The standard InChI is InChI=1S/C14H9ClN4O/c1-9(14(20)10-3-2-4-11(15)5-10)19-8-18-12(6-16)13(19)7-17/h2-5,8-9H,1H3. The first-order chi connectivity index (χ1) is 9.58. The normalized spacial score (nSPS) is 11.4. The highest BCUT2D eigenvalue weighted by atomic mass is 35.5. The maximum absolute atomic E-state index is 12.4. The molecule has 98 valence electrons. The Morgan fingerprint density at radius 1 is 1.40 bits per heavy atom. The van der Waals surface area contributed by atoms with Gasteiger partial charge in [0.1, 0.15) is 12.1 Å². The highest BCUT2D eigenvalue weighted by molar-refractivity contribution is 6.31. The predicted octanol–water partition coefficient (Wildman–Crippen LogP) is 2.72. The molecule has 0 saturated carbocycles. The molecule has 0 radical (unpaired) electrons. The lowest BCUT2D eigenvalue weighted by atomic mass is 10.1. The SMILES string of the molecule is CC(C(=O)c1cccc(Cl)c1)n1cnc(C#N)c1C#N. The minimum Gasteiger partial charge on any atom is -0.310 e. The molecule has 0 bridgehead atoms. The number of benzene rings is 1. The maximum atomic E-state index is 12.4. The first-order valence-electron chi connectivity index (χ1n) is 5.75. The average molecular weight is 285 g/mol. The second kappa shape index (κ2) is 5.56. The fraction of sp³-hybridized carbons (Fsp3) is 0.143. The molecule has 2 aromatic rings. The van der Waals surface area contributed by atoms with Gasteiger partial charge < -0.3 is 4.57 Å². The Kier molecular flexibility index (Phi) is 3.84. The van der Waals surface area contributed by atoms with E-state index in [-0.39, 0.29) is 17.2 Å². The minimum absolute atomic E-state index is 0.0123. The molecule has 0 saturated heterocycles. The van der Waals surface area contributed by atoms with Gasteiger partial charge in [0.2, 0.25) is 0 Å². The van der Waals surface area contributed by atoms with Gasteiger partial charge in [0, 0.05) is 10.6 Å². The zero-order valence-electron chi connectivity index (χ0n) is 10.5. The topological polar surface area (TPSA) is 82.5 Å². The van der Waals surface area contributed by atoms with Gasteiger partial charge in [-0.05, 0) is 19.1 Å². The summed E-state index contributed by atoms with van der Waals surface area (Å²) in [6.07, 6.45) is 1.32. The van der Waals surface area contributed by atoms with Crippen molar-refractivity contribution in [3.05, 3.63) is 52.6 Å². The van der Waals surface area contributed by atoms with Gasteiger partial charge in [0.15, 0.2) is 17.2 Å². The summed E-state index contributed by atoms with van der Waals surface area (Å²) in [4.78, 5) is 16.2. The predicted molar refractivity (Wildman–Crippen MR) is 72.2 cm³/mol. The summed E-state index contributed by atoms with van der Waals surface area (Å²) in [6, 6.07) is 9.65. The minimum atomic E-state index is -0.641. The quantitative estimate of drug-likeness (QED) is 0.811. The molecule has 1 aromatic heterocycles. The Balaban J connectivity index is 2.40. The van der Waals surface area contributed by atoms with E-state index in [2.05, 4.69) is 4.98 Å². The Morgan fingerprint density at radius 3 is 2.75 bits per heavy atom. The number of halogens is 1. The molecule has 1 heterocycles. The number of Topliss-reactive ketones (excluding diaryl/α,β-unsaturated/α-hetero) is 1. The number of ketones is 1. The largest absolute Gasteiger partial charge is 0.310 e. The monoisotopic (exact) mass is 284 g/mol. The van der Waals surface area contributed by atoms with Crippen molar-refractivity contribution in [2.24, 2.45) is 0 Å². The molecule has 1 atom stereocenters. The zero-order valence-corrected chi connectivity index (χ0v) is 11.3. The van der Waals surface area contributed by atoms with Crippen LogP contribution in [0.25, 0.3) is 0 Å². The summed E-state index contributed by atoms with van der Waals surface area (Å²) in [5.74, 6) is -0.203. The van der Waals surface area contributed by atoms with Gasteiger partial charge in [-0.25, -0.2) is 4.98 Å². The van der Waals surface area contributed by atoms with Crippen LogP contribution in [0.1, 0.15) is 34.7 Å². The Hall–Kier alpha value is -2.63. The lowest BCUT2D eigenvalue weighted by Gasteiger charge is -2.13. The Bertz CT molecular complexity index is 751. The van der Waals surface area contributed by atoms with Crippen LogP contribution >= 0.6 is 11.6 Å². The third-order valence-electron chi connectivity index (χ3n) is 2.91. The number of imidazole rings is 1. The van der Waals surface area contributed by atoms with Crippen molar-refractivity contribution in [1.29, 1.82) is 10.5 Å². The van der Waals surface area contributed by atoms with Crippen molar-refractivity contribution >= 4 is 17.4 Å². The lowest BCUT2D eigenvalue weighted by Crippen LogP contribution is -2.17. The number of carbonyl (C=O) groups is 1. The van der Waals surface area contributed by atoms with Crippen LogP contribution in [0, 0.1) is 22.7 Å². The average Bonchev–Trinajstić information content (AvgIpc) is 2.88. The van der Waals surface area contributed by atoms with Crippen LogP contribution in [0.2, 0.25) is 5.02 Å². The van der Waals surface area contributed by atoms with Crippen LogP contribution in [0.4, 0.5) is 0 Å². The summed E-state index contributed by atoms with van der Waals surface area (Å²) < 4.78 is 1.39. The van der Waals surface area contributed by atoms with E-state index in [1.165, 1.54) is 10.9 Å². The van der Waals surface area contributed by atoms with Crippen LogP contribution in [-0.2, 0) is 0 Å². The van der Waals surface area contributed by atoms with Gasteiger partial charge in [-0.15, -0.1) is 0 Å². The van der Waals surface area contributed by atoms with E-state index in [4.69, 9.17) is 22.1 Å². The Morgan fingerprint density at radius 2 is 2.15 bits per heavy atom. The van der Waals surface area contributed by atoms with E-state index in [0.717, 1.165) is 0 Å². The van der Waals surface area contributed by atoms with E-state index in [0.29, 0.717) is 10.6 Å². The van der Waals surface area contributed by atoms with E-state index < -0.39 is 6.04 Å². The first kappa shape index (κ1) is 13.8. The fourth-order valence-corrected chi connectivity index (χ4v) is 2.05. The maximum Gasteiger partial charge on any atom is 0.185 e. The second-order valence-electron chi connectivity index (χ2n) is 4.12. The van der Waals surface area contributed by atoms with E-state index in [1.54, 1.807) is 31.2 Å². The van der Waals surface area contributed by atoms with E-state index in [1.807, 2.05) is 12.1 Å². The molecule has 0 fully saturated rings. The summed E-state index contributed by atoms with van der Waals surface area (Å²) in [5.41, 5.74) is 0.537. The Labute approximate surface area is 120 Å². The van der Waals surface area contributed by atoms with Crippen molar-refractivity contribution in [1.82, 2.24) is 9.55 Å². The molecule has 1 aromatic carbocycles. The van der Waals surface area contributed by atoms with Crippen molar-refractivity contribution in [3.8, 4) is 12.1 Å². The van der Waals surface area contributed by atoms with Crippen LogP contribution in [0.3, 0.4) is 0 Å². The van der Waals surface area contributed by atoms with E-state index in [9.17, 15) is 4.79 Å². The van der Waals surface area contributed by atoms with Crippen LogP contribution in [0.15, 0.2) is 30.6 Å². The summed E-state index contributed by atoms with van der Waals surface area (Å²) in [5, 5.41) is 18.4. The fourth-order valence-electron chi connectivity index (χ4n) is 1.86. The zero-order chi connectivity index (χ0) is 14.7. The van der Waals surface area contributed by atoms with Gasteiger partial charge in [-0.3, -0.25) is 4.79 Å². The summed E-state index contributed by atoms with van der Waals surface area (Å²) in [7, 11) is 0. The first-order valence-corrected chi connectivity index (χ1v) is 6.13. The number of hydrogen-bond acceptors (Lipinski definition) is 4. The third-order valence-corrected chi connectivity index (χ3v) is 3.15. The van der Waals surface area contributed by atoms with Crippen molar-refractivity contribution in [2.75, 3.05) is 0 Å². The van der Waals surface area contributed by atoms with Gasteiger partial charge in [0.05, 0.1) is 12.4 Å². The number of nitrogens with zero attached hydrogens (tertiary/aromatic N) is 4. The van der Waals surface area contributed by atoms with Crippen molar-refractivity contribution in [2.45, 2.75) is 13.0 Å². The molecule has 6 heteroatoms. The molecular weight excluding hydrogens is 276 g/mol. The molecule has 0 aliphatic carbocycles. The van der Waals surface area contributed by atoms with Crippen LogP contribution in [0.5, 0.6) is 0 Å². The molecule has 0 spiro atoms. The molecule has 5 nitrogen and oxygen atoms in total. The molecule has 1 unspecified atom stereocenters. The van der Waals surface area contributed by atoms with Crippen molar-refractivity contribution in [3.63, 3.8) is 0 Å². The molecule has 0 N–H and O–H groups in total. The molecule has 20 heavy (non-hydrogen) atoms. The molecule has 0 amide bonds. The summed E-state index contributed by atoms with van der Waals surface area (Å²) >= 11 is 5.86. The number of rotatable bonds is 3. The third kappa shape index (κ3) is 2.40. The van der Waals surface area contributed by atoms with E-state index >= 15 is 0 Å². The molecule has 2 rings (SSSR count). The molecule has 0 aliphatic heterocycles. The number of nitriles is 2. The smallest absolute Gasteiger partial charge is 0.185 e. The summed E-state index contributed by atoms with van der Waals surface area (Å²) in [6.45, 7) is 1.65. The lowest BCUT2D eigenvalue weighted by molar-refractivity contribution is 0.0934. The highest BCUT2D eigenvalue weighted by Crippen LogP contribution is 2.20. The highest BCUT2D eigenvalue weighted by Gasteiger charge is 2.21. The van der Waals surface area contributed by atoms with Gasteiger partial charge in [-0.1, -0.05) is 23.7 Å². The number of carbonyl (C=O) groups excluding carboxylic acids is 1.